The minimum absolute atomic E-state index is 0.154. The molecule has 140 valence electrons. The molecular weight excluding hydrogens is 359 g/mol. The fourth-order valence-electron chi connectivity index (χ4n) is 2.34. The highest BCUT2D eigenvalue weighted by Gasteiger charge is 2.20. The molecule has 2 aromatic carbocycles. The van der Waals surface area contributed by atoms with Crippen LogP contribution >= 0.6 is 0 Å². The molecule has 26 heavy (non-hydrogen) atoms. The summed E-state index contributed by atoms with van der Waals surface area (Å²) < 4.78 is 43.3. The molecule has 0 unspecified atom stereocenters. The Kier molecular flexibility index (Phi) is 6.70. The van der Waals surface area contributed by atoms with Crippen LogP contribution in [0.25, 0.3) is 0 Å². The Labute approximate surface area is 152 Å². The maximum Gasteiger partial charge on any atom is 0.239 e. The van der Waals surface area contributed by atoms with Crippen LogP contribution in [-0.2, 0) is 21.2 Å². The predicted molar refractivity (Wildman–Crippen MR) is 98.1 cm³/mol. The Hall–Kier alpha value is -2.45. The van der Waals surface area contributed by atoms with E-state index in [9.17, 15) is 17.6 Å². The predicted octanol–water partition coefficient (Wildman–Crippen LogP) is 2.28. The zero-order valence-corrected chi connectivity index (χ0v) is 15.4. The van der Waals surface area contributed by atoms with Crippen molar-refractivity contribution >= 4 is 21.6 Å². The van der Waals surface area contributed by atoms with E-state index in [0.717, 1.165) is 16.1 Å². The molecule has 0 spiro atoms. The first-order chi connectivity index (χ1) is 12.3. The molecule has 0 radical (unpaired) electrons. The number of ether oxygens (including phenoxy) is 1. The standard InChI is InChI=1S/C18H21FN2O4S/c1-25-17-8-6-14(7-9-17)10-11-21(26(2,23)24)13-18(22)20-16-5-3-4-15(19)12-16/h3-9,12H,10-11,13H2,1-2H3,(H,20,22). The van der Waals surface area contributed by atoms with Crippen molar-refractivity contribution in [2.75, 3.05) is 31.8 Å². The summed E-state index contributed by atoms with van der Waals surface area (Å²) in [5, 5.41) is 2.50. The van der Waals surface area contributed by atoms with Gasteiger partial charge in [0.2, 0.25) is 15.9 Å². The van der Waals surface area contributed by atoms with Crippen molar-refractivity contribution < 1.29 is 22.3 Å². The van der Waals surface area contributed by atoms with E-state index < -0.39 is 21.7 Å². The molecule has 1 N–H and O–H groups in total. The molecule has 0 heterocycles. The molecule has 1 amide bonds. The zero-order valence-electron chi connectivity index (χ0n) is 14.6. The van der Waals surface area contributed by atoms with E-state index in [1.54, 1.807) is 19.2 Å². The molecule has 0 atom stereocenters. The van der Waals surface area contributed by atoms with Gasteiger partial charge in [-0.15, -0.1) is 0 Å². The molecule has 0 aliphatic rings. The van der Waals surface area contributed by atoms with Crippen LogP contribution in [0.5, 0.6) is 5.75 Å². The average molecular weight is 380 g/mol. The third kappa shape index (κ3) is 6.12. The second kappa shape index (κ2) is 8.77. The summed E-state index contributed by atoms with van der Waals surface area (Å²) in [4.78, 5) is 12.1. The van der Waals surface area contributed by atoms with Crippen molar-refractivity contribution in [1.82, 2.24) is 4.31 Å². The molecule has 0 fully saturated rings. The largest absolute Gasteiger partial charge is 0.497 e. The molecule has 2 rings (SSSR count). The number of nitrogens with one attached hydrogen (secondary N) is 1. The first-order valence-electron chi connectivity index (χ1n) is 7.91. The Balaban J connectivity index is 1.99. The number of nitrogens with zero attached hydrogens (tertiary/aromatic N) is 1. The summed E-state index contributed by atoms with van der Waals surface area (Å²) in [6.07, 6.45) is 1.50. The van der Waals surface area contributed by atoms with Gasteiger partial charge in [-0.2, -0.15) is 4.31 Å². The Morgan fingerprint density at radius 3 is 2.46 bits per heavy atom. The van der Waals surface area contributed by atoms with Gasteiger partial charge in [0.15, 0.2) is 0 Å². The van der Waals surface area contributed by atoms with Gasteiger partial charge in [0.05, 0.1) is 19.9 Å². The fourth-order valence-corrected chi connectivity index (χ4v) is 3.11. The van der Waals surface area contributed by atoms with E-state index in [1.807, 2.05) is 12.1 Å². The summed E-state index contributed by atoms with van der Waals surface area (Å²) in [6, 6.07) is 12.7. The monoisotopic (exact) mass is 380 g/mol. The topological polar surface area (TPSA) is 75.7 Å². The number of hydrogen-bond donors (Lipinski definition) is 1. The normalized spacial score (nSPS) is 11.4. The first kappa shape index (κ1) is 19.9. The summed E-state index contributed by atoms with van der Waals surface area (Å²) in [6.45, 7) is -0.187. The van der Waals surface area contributed by atoms with Gasteiger partial charge in [-0.1, -0.05) is 18.2 Å². The lowest BCUT2D eigenvalue weighted by Crippen LogP contribution is -2.38. The molecule has 0 aliphatic carbocycles. The number of sulfonamides is 1. The number of carbonyl (C=O) groups excluding carboxylic acids is 1. The van der Waals surface area contributed by atoms with E-state index in [2.05, 4.69) is 5.32 Å². The number of amides is 1. The van der Waals surface area contributed by atoms with Crippen LogP contribution in [0, 0.1) is 5.82 Å². The first-order valence-corrected chi connectivity index (χ1v) is 9.76. The molecular formula is C18H21FN2O4S. The van der Waals surface area contributed by atoms with E-state index >= 15 is 0 Å². The van der Waals surface area contributed by atoms with Crippen LogP contribution in [0.2, 0.25) is 0 Å². The van der Waals surface area contributed by atoms with Crippen LogP contribution in [0.15, 0.2) is 48.5 Å². The second-order valence-corrected chi connectivity index (χ2v) is 7.74. The summed E-state index contributed by atoms with van der Waals surface area (Å²) >= 11 is 0. The summed E-state index contributed by atoms with van der Waals surface area (Å²) in [5.74, 6) is -0.304. The lowest BCUT2D eigenvalue weighted by molar-refractivity contribution is -0.116. The van der Waals surface area contributed by atoms with Gasteiger partial charge in [0.25, 0.3) is 0 Å². The second-order valence-electron chi connectivity index (χ2n) is 5.75. The zero-order chi connectivity index (χ0) is 19.2. The number of hydrogen-bond acceptors (Lipinski definition) is 4. The molecule has 8 heteroatoms. The molecule has 0 aromatic heterocycles. The highest BCUT2D eigenvalue weighted by Crippen LogP contribution is 2.13. The van der Waals surface area contributed by atoms with E-state index in [-0.39, 0.29) is 18.8 Å². The average Bonchev–Trinajstić information content (AvgIpc) is 2.58. The lowest BCUT2D eigenvalue weighted by atomic mass is 10.1. The van der Waals surface area contributed by atoms with Gasteiger partial charge >= 0.3 is 0 Å². The number of carbonyl (C=O) groups is 1. The molecule has 0 aliphatic heterocycles. The molecule has 0 saturated carbocycles. The third-order valence-electron chi connectivity index (χ3n) is 3.71. The Morgan fingerprint density at radius 1 is 1.19 bits per heavy atom. The minimum atomic E-state index is -3.57. The van der Waals surface area contributed by atoms with Crippen LogP contribution < -0.4 is 10.1 Å². The van der Waals surface area contributed by atoms with E-state index in [1.165, 1.54) is 24.3 Å². The fraction of sp³-hybridized carbons (Fsp3) is 0.278. The maximum absolute atomic E-state index is 13.2. The highest BCUT2D eigenvalue weighted by atomic mass is 32.2. The smallest absolute Gasteiger partial charge is 0.239 e. The number of anilines is 1. The SMILES string of the molecule is COc1ccc(CCN(CC(=O)Nc2cccc(F)c2)S(C)(=O)=O)cc1. The van der Waals surface area contributed by atoms with Gasteiger partial charge < -0.3 is 10.1 Å². The van der Waals surface area contributed by atoms with Crippen molar-refractivity contribution in [2.24, 2.45) is 0 Å². The van der Waals surface area contributed by atoms with Gasteiger partial charge in [-0.3, -0.25) is 4.79 Å². The molecule has 0 saturated heterocycles. The lowest BCUT2D eigenvalue weighted by Gasteiger charge is -2.19. The maximum atomic E-state index is 13.2. The van der Waals surface area contributed by atoms with Gasteiger partial charge in [0.1, 0.15) is 11.6 Å². The third-order valence-corrected chi connectivity index (χ3v) is 4.96. The van der Waals surface area contributed by atoms with Gasteiger partial charge in [-0.05, 0) is 42.3 Å². The van der Waals surface area contributed by atoms with Crippen LogP contribution in [-0.4, -0.2) is 45.1 Å². The van der Waals surface area contributed by atoms with Gasteiger partial charge in [-0.25, -0.2) is 12.8 Å². The summed E-state index contributed by atoms with van der Waals surface area (Å²) in [5.41, 5.74) is 1.20. The Morgan fingerprint density at radius 2 is 1.88 bits per heavy atom. The minimum Gasteiger partial charge on any atom is -0.497 e. The van der Waals surface area contributed by atoms with Crippen molar-refractivity contribution in [2.45, 2.75) is 6.42 Å². The number of rotatable bonds is 8. The van der Waals surface area contributed by atoms with Gasteiger partial charge in [0, 0.05) is 12.2 Å². The summed E-state index contributed by atoms with van der Waals surface area (Å²) in [7, 11) is -2.00. The van der Waals surface area contributed by atoms with Crippen molar-refractivity contribution in [3.05, 3.63) is 59.9 Å². The van der Waals surface area contributed by atoms with E-state index in [0.29, 0.717) is 12.2 Å². The van der Waals surface area contributed by atoms with Crippen LogP contribution in [0.4, 0.5) is 10.1 Å². The van der Waals surface area contributed by atoms with E-state index in [4.69, 9.17) is 4.74 Å². The number of halogens is 1. The molecule has 6 nitrogen and oxygen atoms in total. The highest BCUT2D eigenvalue weighted by molar-refractivity contribution is 7.88. The van der Waals surface area contributed by atoms with Crippen molar-refractivity contribution in [3.8, 4) is 5.75 Å². The Bertz CT molecular complexity index is 854. The van der Waals surface area contributed by atoms with Crippen LogP contribution in [0.3, 0.4) is 0 Å². The number of methoxy groups -OCH3 is 1. The molecule has 2 aromatic rings. The number of benzene rings is 2. The molecule has 0 bridgehead atoms. The van der Waals surface area contributed by atoms with Crippen LogP contribution in [0.1, 0.15) is 5.56 Å². The quantitative estimate of drug-likeness (QED) is 0.762. The van der Waals surface area contributed by atoms with Crippen molar-refractivity contribution in [1.29, 1.82) is 0 Å². The van der Waals surface area contributed by atoms with Crippen molar-refractivity contribution in [3.63, 3.8) is 0 Å².